The van der Waals surface area contributed by atoms with E-state index in [1.54, 1.807) is 13.0 Å². The van der Waals surface area contributed by atoms with Crippen LogP contribution in [0.15, 0.2) is 36.2 Å². The molecule has 0 aliphatic carbocycles. The molecule has 0 saturated heterocycles. The van der Waals surface area contributed by atoms with Crippen LogP contribution < -0.4 is 0 Å². The quantitative estimate of drug-likeness (QED) is 0.527. The Balaban J connectivity index is 3.64. The van der Waals surface area contributed by atoms with Crippen LogP contribution in [0.1, 0.15) is 20.3 Å². The molecule has 0 saturated carbocycles. The summed E-state index contributed by atoms with van der Waals surface area (Å²) in [6.07, 6.45) is 5.41. The summed E-state index contributed by atoms with van der Waals surface area (Å²) in [6.45, 7) is 7.21. The predicted octanol–water partition coefficient (Wildman–Crippen LogP) is 3.38. The van der Waals surface area contributed by atoms with E-state index in [9.17, 15) is 4.39 Å². The fourth-order valence-electron chi connectivity index (χ4n) is 0.491. The summed E-state index contributed by atoms with van der Waals surface area (Å²) in [5, 5.41) is 0. The van der Waals surface area contributed by atoms with E-state index in [1.807, 2.05) is 13.0 Å². The molecule has 0 fully saturated rings. The summed E-state index contributed by atoms with van der Waals surface area (Å²) >= 11 is 0. The van der Waals surface area contributed by atoms with Crippen LogP contribution in [0.25, 0.3) is 0 Å². The van der Waals surface area contributed by atoms with Crippen molar-refractivity contribution in [2.75, 3.05) is 0 Å². The van der Waals surface area contributed by atoms with E-state index in [0.717, 1.165) is 5.57 Å². The van der Waals surface area contributed by atoms with Gasteiger partial charge in [-0.05, 0) is 13.8 Å². The van der Waals surface area contributed by atoms with Crippen LogP contribution in [0.3, 0.4) is 0 Å². The standard InChI is InChI=1S/C9H13F/c1-4-9(10)7-5-6-8(2)3/h4-6H,2,7H2,1,3H3/b6-5-,9-4+. The lowest BCUT2D eigenvalue weighted by Gasteiger charge is -1.87. The molecule has 10 heavy (non-hydrogen) atoms. The molecule has 0 nitrogen and oxygen atoms in total. The van der Waals surface area contributed by atoms with Crippen molar-refractivity contribution in [2.24, 2.45) is 0 Å². The van der Waals surface area contributed by atoms with Gasteiger partial charge in [0.15, 0.2) is 0 Å². The third-order valence-electron chi connectivity index (χ3n) is 1.03. The van der Waals surface area contributed by atoms with Gasteiger partial charge in [-0.2, -0.15) is 0 Å². The van der Waals surface area contributed by atoms with Crippen molar-refractivity contribution >= 4 is 0 Å². The van der Waals surface area contributed by atoms with E-state index in [-0.39, 0.29) is 5.83 Å². The summed E-state index contributed by atoms with van der Waals surface area (Å²) in [6, 6.07) is 0. The number of allylic oxidation sites excluding steroid dienone is 5. The lowest BCUT2D eigenvalue weighted by Crippen LogP contribution is -1.68. The van der Waals surface area contributed by atoms with E-state index in [2.05, 4.69) is 6.58 Å². The minimum absolute atomic E-state index is 0.0995. The van der Waals surface area contributed by atoms with Gasteiger partial charge in [-0.1, -0.05) is 30.4 Å². The van der Waals surface area contributed by atoms with E-state index in [4.69, 9.17) is 0 Å². The third kappa shape index (κ3) is 5.29. The van der Waals surface area contributed by atoms with E-state index in [1.165, 1.54) is 6.08 Å². The van der Waals surface area contributed by atoms with E-state index >= 15 is 0 Å². The minimum atomic E-state index is -0.0995. The van der Waals surface area contributed by atoms with Crippen molar-refractivity contribution in [3.8, 4) is 0 Å². The fourth-order valence-corrected chi connectivity index (χ4v) is 0.491. The lowest BCUT2D eigenvalue weighted by molar-refractivity contribution is 0.615. The first-order valence-electron chi connectivity index (χ1n) is 3.29. The van der Waals surface area contributed by atoms with Crippen LogP contribution in [0.2, 0.25) is 0 Å². The van der Waals surface area contributed by atoms with Crippen molar-refractivity contribution in [3.63, 3.8) is 0 Å². The maximum Gasteiger partial charge on any atom is 0.0994 e. The van der Waals surface area contributed by atoms with Crippen molar-refractivity contribution < 1.29 is 4.39 Å². The van der Waals surface area contributed by atoms with Crippen LogP contribution in [-0.2, 0) is 0 Å². The van der Waals surface area contributed by atoms with Crippen molar-refractivity contribution in [3.05, 3.63) is 36.2 Å². The molecule has 0 aromatic carbocycles. The molecule has 56 valence electrons. The van der Waals surface area contributed by atoms with Crippen molar-refractivity contribution in [1.82, 2.24) is 0 Å². The number of halogens is 1. The van der Waals surface area contributed by atoms with Crippen LogP contribution in [0, 0.1) is 0 Å². The van der Waals surface area contributed by atoms with Gasteiger partial charge in [-0.3, -0.25) is 0 Å². The normalized spacial score (nSPS) is 12.5. The zero-order valence-corrected chi connectivity index (χ0v) is 6.52. The van der Waals surface area contributed by atoms with Crippen LogP contribution >= 0.6 is 0 Å². The number of hydrogen-bond acceptors (Lipinski definition) is 0. The Morgan fingerprint density at radius 3 is 2.60 bits per heavy atom. The largest absolute Gasteiger partial charge is 0.212 e. The molecule has 0 atom stereocenters. The van der Waals surface area contributed by atoms with Crippen LogP contribution in [-0.4, -0.2) is 0 Å². The molecule has 0 aromatic heterocycles. The number of rotatable bonds is 3. The monoisotopic (exact) mass is 140 g/mol. The molecule has 0 spiro atoms. The Kier molecular flexibility index (Phi) is 4.55. The van der Waals surface area contributed by atoms with E-state index in [0.29, 0.717) is 6.42 Å². The fraction of sp³-hybridized carbons (Fsp3) is 0.333. The molecular formula is C9H13F. The minimum Gasteiger partial charge on any atom is -0.212 e. The molecule has 0 heterocycles. The molecule has 1 heteroatoms. The summed E-state index contributed by atoms with van der Waals surface area (Å²) in [5.74, 6) is -0.0995. The molecule has 0 radical (unpaired) electrons. The molecule has 0 unspecified atom stereocenters. The molecule has 0 bridgehead atoms. The molecule has 0 amide bonds. The Morgan fingerprint density at radius 2 is 2.20 bits per heavy atom. The van der Waals surface area contributed by atoms with Gasteiger partial charge < -0.3 is 0 Å². The highest BCUT2D eigenvalue weighted by Crippen LogP contribution is 2.03. The van der Waals surface area contributed by atoms with Gasteiger partial charge in [0, 0.05) is 6.42 Å². The highest BCUT2D eigenvalue weighted by Gasteiger charge is 1.85. The van der Waals surface area contributed by atoms with Gasteiger partial charge in [0.1, 0.15) is 0 Å². The Morgan fingerprint density at radius 1 is 1.60 bits per heavy atom. The smallest absolute Gasteiger partial charge is 0.0994 e. The molecular weight excluding hydrogens is 127 g/mol. The summed E-state index contributed by atoms with van der Waals surface area (Å²) < 4.78 is 12.4. The summed E-state index contributed by atoms with van der Waals surface area (Å²) in [5.41, 5.74) is 0.948. The first-order valence-corrected chi connectivity index (χ1v) is 3.29. The predicted molar refractivity (Wildman–Crippen MR) is 43.4 cm³/mol. The molecule has 0 aromatic rings. The van der Waals surface area contributed by atoms with Gasteiger partial charge in [0.2, 0.25) is 0 Å². The molecule has 0 N–H and O–H groups in total. The van der Waals surface area contributed by atoms with E-state index < -0.39 is 0 Å². The van der Waals surface area contributed by atoms with Gasteiger partial charge >= 0.3 is 0 Å². The highest BCUT2D eigenvalue weighted by atomic mass is 19.1. The SMILES string of the molecule is C=C(C)/C=C\C/C(F)=C\C. The molecule has 0 rings (SSSR count). The Hall–Kier alpha value is -0.850. The highest BCUT2D eigenvalue weighted by molar-refractivity contribution is 5.13. The summed E-state index contributed by atoms with van der Waals surface area (Å²) in [7, 11) is 0. The zero-order valence-electron chi connectivity index (χ0n) is 6.52. The molecule has 0 aliphatic rings. The third-order valence-corrected chi connectivity index (χ3v) is 1.03. The first kappa shape index (κ1) is 9.15. The van der Waals surface area contributed by atoms with Gasteiger partial charge in [-0.25, -0.2) is 4.39 Å². The molecule has 0 aliphatic heterocycles. The Labute approximate surface area is 61.8 Å². The van der Waals surface area contributed by atoms with Gasteiger partial charge in [0.05, 0.1) is 5.83 Å². The second-order valence-electron chi connectivity index (χ2n) is 2.19. The van der Waals surface area contributed by atoms with Crippen LogP contribution in [0.4, 0.5) is 4.39 Å². The average molecular weight is 140 g/mol. The second-order valence-corrected chi connectivity index (χ2v) is 2.19. The second kappa shape index (κ2) is 4.98. The van der Waals surface area contributed by atoms with Crippen LogP contribution in [0.5, 0.6) is 0 Å². The Bertz CT molecular complexity index is 164. The number of hydrogen-bond donors (Lipinski definition) is 0. The maximum absolute atomic E-state index is 12.4. The van der Waals surface area contributed by atoms with Gasteiger partial charge in [0.25, 0.3) is 0 Å². The maximum atomic E-state index is 12.4. The average Bonchev–Trinajstić information content (AvgIpc) is 1.87. The zero-order chi connectivity index (χ0) is 7.98. The van der Waals surface area contributed by atoms with Gasteiger partial charge in [-0.15, -0.1) is 0 Å². The topological polar surface area (TPSA) is 0 Å². The first-order chi connectivity index (χ1) is 4.66. The summed E-state index contributed by atoms with van der Waals surface area (Å²) in [4.78, 5) is 0. The van der Waals surface area contributed by atoms with Crippen molar-refractivity contribution in [1.29, 1.82) is 0 Å². The van der Waals surface area contributed by atoms with Crippen molar-refractivity contribution in [2.45, 2.75) is 20.3 Å². The lowest BCUT2D eigenvalue weighted by atomic mass is 10.2.